The van der Waals surface area contributed by atoms with Crippen molar-refractivity contribution in [2.45, 2.75) is 6.42 Å². The summed E-state index contributed by atoms with van der Waals surface area (Å²) in [6.07, 6.45) is 0.0617. The van der Waals surface area contributed by atoms with Gasteiger partial charge in [-0.15, -0.1) is 0 Å². The maximum atomic E-state index is 13.0. The third-order valence-corrected chi connectivity index (χ3v) is 3.48. The van der Waals surface area contributed by atoms with E-state index in [0.717, 1.165) is 0 Å². The molecule has 0 bridgehead atoms. The molecule has 1 aliphatic rings. The minimum Gasteiger partial charge on any atom is -0.379 e. The summed E-state index contributed by atoms with van der Waals surface area (Å²) in [6, 6.07) is 5.62. The van der Waals surface area contributed by atoms with Crippen LogP contribution in [0.4, 0.5) is 10.1 Å². The van der Waals surface area contributed by atoms with E-state index in [2.05, 4.69) is 0 Å². The van der Waals surface area contributed by atoms with Crippen LogP contribution in [0.5, 0.6) is 0 Å². The van der Waals surface area contributed by atoms with Crippen LogP contribution in [0.2, 0.25) is 0 Å². The van der Waals surface area contributed by atoms with Gasteiger partial charge in [-0.1, -0.05) is 0 Å². The van der Waals surface area contributed by atoms with Crippen molar-refractivity contribution in [1.82, 2.24) is 4.90 Å². The average Bonchev–Trinajstić information content (AvgIpc) is 2.50. The molecule has 2 rings (SSSR count). The summed E-state index contributed by atoms with van der Waals surface area (Å²) in [4.78, 5) is 27.0. The number of primary amides is 1. The standard InChI is InChI=1S/C15H20FN3O3/c16-12-1-3-13(4-2-12)19(6-5-14(17)20)15(21)11-18-7-9-22-10-8-18/h1-4H,5-11H2,(H2,17,20). The first-order valence-corrected chi connectivity index (χ1v) is 7.20. The Kier molecular flexibility index (Phi) is 5.85. The molecule has 1 fully saturated rings. The highest BCUT2D eigenvalue weighted by atomic mass is 19.1. The zero-order valence-electron chi connectivity index (χ0n) is 12.3. The van der Waals surface area contributed by atoms with Gasteiger partial charge in [0.05, 0.1) is 19.8 Å². The van der Waals surface area contributed by atoms with Gasteiger partial charge in [-0.3, -0.25) is 14.5 Å². The summed E-state index contributed by atoms with van der Waals surface area (Å²) in [5, 5.41) is 0. The van der Waals surface area contributed by atoms with Gasteiger partial charge in [0.25, 0.3) is 0 Å². The molecule has 0 radical (unpaired) electrons. The molecule has 0 aromatic heterocycles. The lowest BCUT2D eigenvalue weighted by Gasteiger charge is -2.29. The van der Waals surface area contributed by atoms with Crippen molar-refractivity contribution in [2.24, 2.45) is 5.73 Å². The highest BCUT2D eigenvalue weighted by Gasteiger charge is 2.21. The molecule has 1 saturated heterocycles. The number of benzene rings is 1. The maximum absolute atomic E-state index is 13.0. The van der Waals surface area contributed by atoms with Gasteiger partial charge in [-0.05, 0) is 24.3 Å². The predicted molar refractivity (Wildman–Crippen MR) is 79.8 cm³/mol. The SMILES string of the molecule is NC(=O)CCN(C(=O)CN1CCOCC1)c1ccc(F)cc1. The second-order valence-corrected chi connectivity index (χ2v) is 5.13. The third-order valence-electron chi connectivity index (χ3n) is 3.48. The van der Waals surface area contributed by atoms with Gasteiger partial charge in [0.15, 0.2) is 0 Å². The third kappa shape index (κ3) is 4.78. The van der Waals surface area contributed by atoms with Crippen LogP contribution in [-0.4, -0.2) is 56.1 Å². The first-order chi connectivity index (χ1) is 10.6. The Balaban J connectivity index is 2.06. The van der Waals surface area contributed by atoms with E-state index in [1.165, 1.54) is 29.2 Å². The Morgan fingerprint density at radius 1 is 1.23 bits per heavy atom. The van der Waals surface area contributed by atoms with Gasteiger partial charge in [-0.25, -0.2) is 4.39 Å². The largest absolute Gasteiger partial charge is 0.379 e. The van der Waals surface area contributed by atoms with Crippen LogP contribution in [-0.2, 0) is 14.3 Å². The summed E-state index contributed by atoms with van der Waals surface area (Å²) in [7, 11) is 0. The Bertz CT molecular complexity index is 515. The number of hydrogen-bond acceptors (Lipinski definition) is 4. The minimum absolute atomic E-state index is 0.0617. The topological polar surface area (TPSA) is 75.9 Å². The van der Waals surface area contributed by atoms with Crippen molar-refractivity contribution in [2.75, 3.05) is 44.3 Å². The molecule has 0 saturated carbocycles. The van der Waals surface area contributed by atoms with Crippen molar-refractivity contribution >= 4 is 17.5 Å². The molecule has 0 aliphatic carbocycles. The fourth-order valence-electron chi connectivity index (χ4n) is 2.28. The number of rotatable bonds is 6. The number of carbonyl (C=O) groups excluding carboxylic acids is 2. The van der Waals surface area contributed by atoms with E-state index in [4.69, 9.17) is 10.5 Å². The Hall–Kier alpha value is -1.99. The highest BCUT2D eigenvalue weighted by molar-refractivity contribution is 5.95. The molecular weight excluding hydrogens is 289 g/mol. The van der Waals surface area contributed by atoms with E-state index >= 15 is 0 Å². The van der Waals surface area contributed by atoms with Gasteiger partial charge in [0, 0.05) is 31.7 Å². The van der Waals surface area contributed by atoms with Gasteiger partial charge >= 0.3 is 0 Å². The Labute approximate surface area is 128 Å². The molecule has 0 atom stereocenters. The number of halogens is 1. The summed E-state index contributed by atoms with van der Waals surface area (Å²) in [6.45, 7) is 3.01. The molecule has 0 unspecified atom stereocenters. The molecule has 1 heterocycles. The molecule has 1 aromatic rings. The quantitative estimate of drug-likeness (QED) is 0.823. The number of anilines is 1. The maximum Gasteiger partial charge on any atom is 0.241 e. The smallest absolute Gasteiger partial charge is 0.241 e. The van der Waals surface area contributed by atoms with Crippen molar-refractivity contribution in [3.8, 4) is 0 Å². The van der Waals surface area contributed by atoms with Crippen LogP contribution < -0.4 is 10.6 Å². The van der Waals surface area contributed by atoms with Crippen LogP contribution in [0.3, 0.4) is 0 Å². The number of ether oxygens (including phenoxy) is 1. The Morgan fingerprint density at radius 2 is 1.86 bits per heavy atom. The lowest BCUT2D eigenvalue weighted by atomic mass is 10.2. The van der Waals surface area contributed by atoms with Crippen molar-refractivity contribution in [3.05, 3.63) is 30.1 Å². The van der Waals surface area contributed by atoms with Gasteiger partial charge < -0.3 is 15.4 Å². The molecule has 2 N–H and O–H groups in total. The lowest BCUT2D eigenvalue weighted by Crippen LogP contribution is -2.45. The second kappa shape index (κ2) is 7.86. The number of nitrogens with zero attached hydrogens (tertiary/aromatic N) is 2. The summed E-state index contributed by atoms with van der Waals surface area (Å²) < 4.78 is 18.3. The molecule has 7 heteroatoms. The summed E-state index contributed by atoms with van der Waals surface area (Å²) in [5.41, 5.74) is 5.72. The van der Waals surface area contributed by atoms with E-state index in [1.54, 1.807) is 0 Å². The second-order valence-electron chi connectivity index (χ2n) is 5.13. The molecule has 120 valence electrons. The molecule has 1 aromatic carbocycles. The average molecular weight is 309 g/mol. The van der Waals surface area contributed by atoms with E-state index in [-0.39, 0.29) is 31.2 Å². The van der Waals surface area contributed by atoms with Crippen LogP contribution in [0, 0.1) is 5.82 Å². The van der Waals surface area contributed by atoms with E-state index in [0.29, 0.717) is 32.0 Å². The first kappa shape index (κ1) is 16.4. The van der Waals surface area contributed by atoms with E-state index in [9.17, 15) is 14.0 Å². The van der Waals surface area contributed by atoms with Crippen LogP contribution in [0.15, 0.2) is 24.3 Å². The molecular formula is C15H20FN3O3. The molecule has 6 nitrogen and oxygen atoms in total. The van der Waals surface area contributed by atoms with Gasteiger partial charge in [0.1, 0.15) is 5.82 Å². The van der Waals surface area contributed by atoms with Crippen molar-refractivity contribution in [3.63, 3.8) is 0 Å². The predicted octanol–water partition coefficient (Wildman–Crippen LogP) is 0.366. The number of carbonyl (C=O) groups is 2. The monoisotopic (exact) mass is 309 g/mol. The summed E-state index contributed by atoms with van der Waals surface area (Å²) in [5.74, 6) is -1.000. The number of morpholine rings is 1. The van der Waals surface area contributed by atoms with Crippen LogP contribution >= 0.6 is 0 Å². The fraction of sp³-hybridized carbons (Fsp3) is 0.467. The van der Waals surface area contributed by atoms with Crippen LogP contribution in [0.25, 0.3) is 0 Å². The zero-order chi connectivity index (χ0) is 15.9. The molecule has 22 heavy (non-hydrogen) atoms. The molecule has 2 amide bonds. The molecule has 0 spiro atoms. The zero-order valence-corrected chi connectivity index (χ0v) is 12.3. The highest BCUT2D eigenvalue weighted by Crippen LogP contribution is 2.16. The lowest BCUT2D eigenvalue weighted by molar-refractivity contribution is -0.121. The minimum atomic E-state index is -0.480. The fourth-order valence-corrected chi connectivity index (χ4v) is 2.28. The summed E-state index contributed by atoms with van der Waals surface area (Å²) >= 11 is 0. The van der Waals surface area contributed by atoms with Crippen molar-refractivity contribution in [1.29, 1.82) is 0 Å². The number of nitrogens with two attached hydrogens (primary N) is 1. The van der Waals surface area contributed by atoms with E-state index in [1.807, 2.05) is 4.90 Å². The molecule has 1 aliphatic heterocycles. The Morgan fingerprint density at radius 3 is 2.45 bits per heavy atom. The first-order valence-electron chi connectivity index (χ1n) is 7.20. The van der Waals surface area contributed by atoms with Gasteiger partial charge in [-0.2, -0.15) is 0 Å². The normalized spacial score (nSPS) is 15.5. The van der Waals surface area contributed by atoms with E-state index < -0.39 is 5.91 Å². The number of hydrogen-bond donors (Lipinski definition) is 1. The number of amides is 2. The van der Waals surface area contributed by atoms with Crippen molar-refractivity contribution < 1.29 is 18.7 Å². The van der Waals surface area contributed by atoms with Gasteiger partial charge in [0.2, 0.25) is 11.8 Å². The van der Waals surface area contributed by atoms with Crippen LogP contribution in [0.1, 0.15) is 6.42 Å².